The normalized spacial score (nSPS) is 14.9. The Balaban J connectivity index is 3.54. The number of nitrogens with two attached hydrogens (primary N) is 1. The quantitative estimate of drug-likeness (QED) is 0.616. The molecule has 0 aliphatic rings. The molecule has 0 rings (SSSR count). The predicted molar refractivity (Wildman–Crippen MR) is 60.0 cm³/mol. The third kappa shape index (κ3) is 5.22. The first-order valence-corrected chi connectivity index (χ1v) is 5.61. The van der Waals surface area contributed by atoms with Gasteiger partial charge in [0, 0.05) is 6.54 Å². The minimum Gasteiger partial charge on any atom is -0.355 e. The molecular weight excluding hydrogens is 176 g/mol. The first kappa shape index (κ1) is 13.4. The van der Waals surface area contributed by atoms with Gasteiger partial charge in [0.2, 0.25) is 5.91 Å². The van der Waals surface area contributed by atoms with Gasteiger partial charge in [-0.3, -0.25) is 4.79 Å². The molecule has 3 N–H and O–H groups in total. The van der Waals surface area contributed by atoms with Gasteiger partial charge in [-0.1, -0.05) is 33.1 Å². The molecular formula is C11H24N2O. The van der Waals surface area contributed by atoms with Crippen LogP contribution in [-0.4, -0.2) is 18.0 Å². The summed E-state index contributed by atoms with van der Waals surface area (Å²) in [5.41, 5.74) is 5.08. The molecule has 3 heteroatoms. The van der Waals surface area contributed by atoms with Crippen LogP contribution in [-0.2, 0) is 4.79 Å². The summed E-state index contributed by atoms with van der Waals surface area (Å²) in [6.07, 6.45) is 5.37. The van der Waals surface area contributed by atoms with Crippen LogP contribution < -0.4 is 11.1 Å². The Bertz CT molecular complexity index is 167. The topological polar surface area (TPSA) is 55.1 Å². The molecule has 0 radical (unpaired) electrons. The predicted octanol–water partition coefficient (Wildman–Crippen LogP) is 1.81. The zero-order chi connectivity index (χ0) is 11.0. The highest BCUT2D eigenvalue weighted by Gasteiger charge is 2.24. The molecule has 0 aromatic carbocycles. The summed E-state index contributed by atoms with van der Waals surface area (Å²) >= 11 is 0. The molecule has 0 aliphatic heterocycles. The molecule has 0 heterocycles. The van der Waals surface area contributed by atoms with E-state index in [0.717, 1.165) is 13.0 Å². The number of rotatable bonds is 7. The monoisotopic (exact) mass is 200 g/mol. The summed E-state index contributed by atoms with van der Waals surface area (Å²) in [6, 6.07) is 0. The Kier molecular flexibility index (Phi) is 6.54. The second-order valence-electron chi connectivity index (χ2n) is 4.09. The van der Waals surface area contributed by atoms with Gasteiger partial charge < -0.3 is 11.1 Å². The lowest BCUT2D eigenvalue weighted by Gasteiger charge is -2.21. The molecule has 1 atom stereocenters. The van der Waals surface area contributed by atoms with E-state index >= 15 is 0 Å². The molecule has 14 heavy (non-hydrogen) atoms. The van der Waals surface area contributed by atoms with Crippen molar-refractivity contribution >= 4 is 5.91 Å². The first-order chi connectivity index (χ1) is 6.54. The summed E-state index contributed by atoms with van der Waals surface area (Å²) in [6.45, 7) is 6.63. The van der Waals surface area contributed by atoms with E-state index in [9.17, 15) is 4.79 Å². The van der Waals surface area contributed by atoms with Gasteiger partial charge >= 0.3 is 0 Å². The van der Waals surface area contributed by atoms with Crippen LogP contribution in [0.3, 0.4) is 0 Å². The number of nitrogens with one attached hydrogen (secondary N) is 1. The maximum atomic E-state index is 11.5. The van der Waals surface area contributed by atoms with E-state index in [1.807, 2.05) is 6.92 Å². The largest absolute Gasteiger partial charge is 0.355 e. The SMILES string of the molecule is CCCCCCNC(=O)C(C)(N)CC. The molecule has 3 nitrogen and oxygen atoms in total. The van der Waals surface area contributed by atoms with Crippen molar-refractivity contribution < 1.29 is 4.79 Å². The van der Waals surface area contributed by atoms with Gasteiger partial charge in [-0.05, 0) is 19.8 Å². The van der Waals surface area contributed by atoms with E-state index in [4.69, 9.17) is 5.73 Å². The maximum absolute atomic E-state index is 11.5. The molecule has 0 spiro atoms. The van der Waals surface area contributed by atoms with Gasteiger partial charge in [0.05, 0.1) is 5.54 Å². The fourth-order valence-electron chi connectivity index (χ4n) is 1.12. The number of carbonyl (C=O) groups excluding carboxylic acids is 1. The average Bonchev–Trinajstić information content (AvgIpc) is 2.17. The van der Waals surface area contributed by atoms with E-state index in [-0.39, 0.29) is 5.91 Å². The molecule has 1 unspecified atom stereocenters. The standard InChI is InChI=1S/C11H24N2O/c1-4-6-7-8-9-13-10(14)11(3,12)5-2/h4-9,12H2,1-3H3,(H,13,14). The third-order valence-corrected chi connectivity index (χ3v) is 2.57. The fourth-order valence-corrected chi connectivity index (χ4v) is 1.12. The van der Waals surface area contributed by atoms with Crippen LogP contribution in [0.4, 0.5) is 0 Å². The molecule has 0 bridgehead atoms. The van der Waals surface area contributed by atoms with E-state index in [2.05, 4.69) is 12.2 Å². The molecule has 1 amide bonds. The Morgan fingerprint density at radius 1 is 1.29 bits per heavy atom. The fraction of sp³-hybridized carbons (Fsp3) is 0.909. The molecule has 0 saturated carbocycles. The van der Waals surface area contributed by atoms with Crippen molar-refractivity contribution in [1.82, 2.24) is 5.32 Å². The summed E-state index contributed by atoms with van der Waals surface area (Å²) in [7, 11) is 0. The van der Waals surface area contributed by atoms with Gasteiger partial charge in [-0.25, -0.2) is 0 Å². The van der Waals surface area contributed by atoms with Crippen LogP contribution in [0, 0.1) is 0 Å². The van der Waals surface area contributed by atoms with Crippen molar-refractivity contribution in [3.05, 3.63) is 0 Å². The minimum absolute atomic E-state index is 0.0310. The second-order valence-corrected chi connectivity index (χ2v) is 4.09. The van der Waals surface area contributed by atoms with Crippen molar-refractivity contribution in [3.8, 4) is 0 Å². The zero-order valence-corrected chi connectivity index (χ0v) is 9.73. The Morgan fingerprint density at radius 2 is 1.93 bits per heavy atom. The summed E-state index contributed by atoms with van der Waals surface area (Å²) < 4.78 is 0. The van der Waals surface area contributed by atoms with Crippen molar-refractivity contribution in [3.63, 3.8) is 0 Å². The van der Waals surface area contributed by atoms with Crippen LogP contribution in [0.5, 0.6) is 0 Å². The van der Waals surface area contributed by atoms with Gasteiger partial charge in [0.25, 0.3) is 0 Å². The molecule has 0 aliphatic carbocycles. The van der Waals surface area contributed by atoms with Crippen LogP contribution in [0.2, 0.25) is 0 Å². The summed E-state index contributed by atoms with van der Waals surface area (Å²) in [5.74, 6) is -0.0310. The highest BCUT2D eigenvalue weighted by atomic mass is 16.2. The lowest BCUT2D eigenvalue weighted by molar-refractivity contribution is -0.125. The lowest BCUT2D eigenvalue weighted by Crippen LogP contribution is -2.51. The Hall–Kier alpha value is -0.570. The van der Waals surface area contributed by atoms with Crippen LogP contribution in [0.15, 0.2) is 0 Å². The molecule has 0 saturated heterocycles. The van der Waals surface area contributed by atoms with Crippen molar-refractivity contribution in [1.29, 1.82) is 0 Å². The highest BCUT2D eigenvalue weighted by Crippen LogP contribution is 2.04. The number of hydrogen-bond acceptors (Lipinski definition) is 2. The zero-order valence-electron chi connectivity index (χ0n) is 9.73. The highest BCUT2D eigenvalue weighted by molar-refractivity contribution is 5.85. The van der Waals surface area contributed by atoms with Crippen LogP contribution >= 0.6 is 0 Å². The number of amides is 1. The lowest BCUT2D eigenvalue weighted by atomic mass is 9.99. The van der Waals surface area contributed by atoms with Crippen molar-refractivity contribution in [2.24, 2.45) is 5.73 Å². The van der Waals surface area contributed by atoms with Crippen LogP contribution in [0.25, 0.3) is 0 Å². The van der Waals surface area contributed by atoms with E-state index in [0.29, 0.717) is 6.42 Å². The first-order valence-electron chi connectivity index (χ1n) is 5.61. The van der Waals surface area contributed by atoms with E-state index < -0.39 is 5.54 Å². The smallest absolute Gasteiger partial charge is 0.239 e. The van der Waals surface area contributed by atoms with E-state index in [1.165, 1.54) is 19.3 Å². The minimum atomic E-state index is -0.704. The summed E-state index contributed by atoms with van der Waals surface area (Å²) in [5, 5.41) is 2.87. The number of carbonyl (C=O) groups is 1. The molecule has 84 valence electrons. The van der Waals surface area contributed by atoms with Gasteiger partial charge in [-0.15, -0.1) is 0 Å². The molecule has 0 aromatic rings. The average molecular weight is 200 g/mol. The van der Waals surface area contributed by atoms with Crippen molar-refractivity contribution in [2.45, 2.75) is 58.4 Å². The maximum Gasteiger partial charge on any atom is 0.239 e. The van der Waals surface area contributed by atoms with Crippen LogP contribution in [0.1, 0.15) is 52.9 Å². The molecule has 0 fully saturated rings. The van der Waals surface area contributed by atoms with Crippen molar-refractivity contribution in [2.75, 3.05) is 6.54 Å². The Labute approximate surface area is 87.4 Å². The molecule has 0 aromatic heterocycles. The van der Waals surface area contributed by atoms with E-state index in [1.54, 1.807) is 6.92 Å². The van der Waals surface area contributed by atoms with Gasteiger partial charge in [0.15, 0.2) is 0 Å². The van der Waals surface area contributed by atoms with Gasteiger partial charge in [0.1, 0.15) is 0 Å². The summed E-state index contributed by atoms with van der Waals surface area (Å²) in [4.78, 5) is 11.5. The number of unbranched alkanes of at least 4 members (excludes halogenated alkanes) is 3. The third-order valence-electron chi connectivity index (χ3n) is 2.57. The second kappa shape index (κ2) is 6.82. The Morgan fingerprint density at radius 3 is 2.43 bits per heavy atom. The number of hydrogen-bond donors (Lipinski definition) is 2. The van der Waals surface area contributed by atoms with Gasteiger partial charge in [-0.2, -0.15) is 0 Å².